The first-order chi connectivity index (χ1) is 38.5. The Morgan fingerprint density at radius 3 is 0.833 bits per heavy atom. The molecule has 0 radical (unpaired) electrons. The highest BCUT2D eigenvalue weighted by atomic mass is 16.6. The van der Waals surface area contributed by atoms with Crippen LogP contribution in [0, 0.1) is 0 Å². The van der Waals surface area contributed by atoms with Crippen molar-refractivity contribution in [1.29, 1.82) is 0 Å². The summed E-state index contributed by atoms with van der Waals surface area (Å²) in [5, 5.41) is 0. The number of esters is 3. The second-order valence-electron chi connectivity index (χ2n) is 20.9. The minimum absolute atomic E-state index is 0.104. The minimum atomic E-state index is -0.814. The highest BCUT2D eigenvalue weighted by molar-refractivity contribution is 5.71. The Morgan fingerprint density at radius 1 is 0.269 bits per heavy atom. The molecule has 0 aliphatic rings. The molecule has 0 N–H and O–H groups in total. The largest absolute Gasteiger partial charge is 0.462 e. The van der Waals surface area contributed by atoms with E-state index in [-0.39, 0.29) is 37.5 Å². The Morgan fingerprint density at radius 2 is 0.513 bits per heavy atom. The Balaban J connectivity index is 4.51. The maximum atomic E-state index is 12.9. The van der Waals surface area contributed by atoms with E-state index in [4.69, 9.17) is 14.2 Å². The molecule has 442 valence electrons. The van der Waals surface area contributed by atoms with Gasteiger partial charge in [-0.05, 0) is 109 Å². The quantitative estimate of drug-likeness (QED) is 0.0261. The maximum absolute atomic E-state index is 12.9. The van der Waals surface area contributed by atoms with Crippen molar-refractivity contribution in [3.8, 4) is 0 Å². The van der Waals surface area contributed by atoms with Gasteiger partial charge in [0.25, 0.3) is 0 Å². The minimum Gasteiger partial charge on any atom is -0.462 e. The van der Waals surface area contributed by atoms with E-state index in [1.165, 1.54) is 109 Å². The third kappa shape index (κ3) is 62.4. The molecule has 0 aromatic heterocycles. The number of carbonyl (C=O) groups is 3. The summed E-state index contributed by atoms with van der Waals surface area (Å²) in [6, 6.07) is 0. The van der Waals surface area contributed by atoms with Crippen LogP contribution >= 0.6 is 0 Å². The molecule has 78 heavy (non-hydrogen) atoms. The molecule has 0 aliphatic heterocycles. The Labute approximate surface area is 481 Å². The summed E-state index contributed by atoms with van der Waals surface area (Å²) < 4.78 is 16.9. The molecule has 0 amide bonds. The zero-order chi connectivity index (χ0) is 56.4. The van der Waals surface area contributed by atoms with Crippen LogP contribution in [0.15, 0.2) is 134 Å². The molecule has 1 unspecified atom stereocenters. The Hall–Kier alpha value is -4.45. The molecule has 0 bridgehead atoms. The molecule has 0 rings (SSSR count). The highest BCUT2D eigenvalue weighted by Crippen LogP contribution is 2.16. The summed E-state index contributed by atoms with van der Waals surface area (Å²) in [6.07, 6.45) is 91.7. The lowest BCUT2D eigenvalue weighted by atomic mass is 10.0. The van der Waals surface area contributed by atoms with Crippen molar-refractivity contribution in [1.82, 2.24) is 0 Å². The third-order valence-corrected chi connectivity index (χ3v) is 13.4. The average molecular weight is 1080 g/mol. The normalized spacial score (nSPS) is 13.0. The van der Waals surface area contributed by atoms with Gasteiger partial charge in [-0.2, -0.15) is 0 Å². The van der Waals surface area contributed by atoms with Crippen molar-refractivity contribution in [3.63, 3.8) is 0 Å². The van der Waals surface area contributed by atoms with Crippen molar-refractivity contribution in [2.45, 2.75) is 290 Å². The number of hydrogen-bond donors (Lipinski definition) is 0. The molecular weight excluding hydrogens is 961 g/mol. The van der Waals surface area contributed by atoms with Gasteiger partial charge in [-0.1, -0.05) is 289 Å². The molecule has 6 heteroatoms. The van der Waals surface area contributed by atoms with Crippen molar-refractivity contribution in [2.75, 3.05) is 13.2 Å². The third-order valence-electron chi connectivity index (χ3n) is 13.4. The summed E-state index contributed by atoms with van der Waals surface area (Å²) in [6.45, 7) is 6.37. The van der Waals surface area contributed by atoms with Crippen molar-refractivity contribution < 1.29 is 28.6 Å². The smallest absolute Gasteiger partial charge is 0.306 e. The molecule has 0 aliphatic carbocycles. The van der Waals surface area contributed by atoms with Gasteiger partial charge in [0.05, 0.1) is 0 Å². The predicted molar refractivity (Wildman–Crippen MR) is 339 cm³/mol. The summed E-state index contributed by atoms with van der Waals surface area (Å²) in [5.41, 5.74) is 0. The number of carbonyl (C=O) groups excluding carboxylic acids is 3. The predicted octanol–water partition coefficient (Wildman–Crippen LogP) is 22.2. The van der Waals surface area contributed by atoms with E-state index >= 15 is 0 Å². The Kier molecular flexibility index (Phi) is 61.4. The van der Waals surface area contributed by atoms with Crippen LogP contribution < -0.4 is 0 Å². The van der Waals surface area contributed by atoms with Gasteiger partial charge >= 0.3 is 17.9 Å². The number of hydrogen-bond acceptors (Lipinski definition) is 6. The van der Waals surface area contributed by atoms with Gasteiger partial charge in [0.15, 0.2) is 6.10 Å². The van der Waals surface area contributed by atoms with Crippen molar-refractivity contribution >= 4 is 17.9 Å². The zero-order valence-corrected chi connectivity index (χ0v) is 50.6. The first-order valence-electron chi connectivity index (χ1n) is 32.2. The van der Waals surface area contributed by atoms with Crippen LogP contribution in [-0.2, 0) is 28.6 Å². The van der Waals surface area contributed by atoms with Gasteiger partial charge in [-0.3, -0.25) is 14.4 Å². The second-order valence-corrected chi connectivity index (χ2v) is 20.9. The molecule has 0 heterocycles. The van der Waals surface area contributed by atoms with Gasteiger partial charge in [0, 0.05) is 19.3 Å². The van der Waals surface area contributed by atoms with E-state index in [1.54, 1.807) is 0 Å². The standard InChI is InChI=1S/C72H118O6/c1-4-7-10-13-16-19-22-25-28-31-34-35-36-37-39-41-44-47-50-53-56-59-62-65-71(74)77-68-69(67-76-70(73)64-61-58-55-52-49-46-43-40-33-30-27-24-21-18-15-12-9-6-3)78-72(75)66-63-60-57-54-51-48-45-42-38-32-29-26-23-20-17-14-11-8-5-2/h7-8,10-11,16-17,19-20,25-26,28-29,34-35,37-39,42,44,47,53,56,69H,4-6,9,12-15,18,21-24,27,30-33,36,40-41,43,45-46,48-52,54-55,57-68H2,1-3H3/b10-7-,11-8-,19-16-,20-17-,28-25-,29-26-,35-34-,39-37-,42-38-,47-44-,56-53-. The molecule has 0 saturated carbocycles. The Bertz CT molecular complexity index is 1670. The van der Waals surface area contributed by atoms with Crippen LogP contribution in [0.5, 0.6) is 0 Å². The van der Waals surface area contributed by atoms with Crippen LogP contribution in [0.2, 0.25) is 0 Å². The van der Waals surface area contributed by atoms with Gasteiger partial charge in [0.2, 0.25) is 0 Å². The van der Waals surface area contributed by atoms with E-state index in [9.17, 15) is 14.4 Å². The van der Waals surface area contributed by atoms with Crippen LogP contribution in [0.4, 0.5) is 0 Å². The van der Waals surface area contributed by atoms with Gasteiger partial charge in [0.1, 0.15) is 13.2 Å². The molecule has 0 spiro atoms. The van der Waals surface area contributed by atoms with E-state index in [2.05, 4.69) is 154 Å². The zero-order valence-electron chi connectivity index (χ0n) is 50.6. The van der Waals surface area contributed by atoms with Crippen molar-refractivity contribution in [3.05, 3.63) is 134 Å². The van der Waals surface area contributed by atoms with E-state index in [1.807, 2.05) is 0 Å². The first kappa shape index (κ1) is 73.5. The van der Waals surface area contributed by atoms with Gasteiger partial charge in [-0.15, -0.1) is 0 Å². The van der Waals surface area contributed by atoms with Gasteiger partial charge in [-0.25, -0.2) is 0 Å². The van der Waals surface area contributed by atoms with Gasteiger partial charge < -0.3 is 14.2 Å². The fraction of sp³-hybridized carbons (Fsp3) is 0.653. The van der Waals surface area contributed by atoms with Crippen molar-refractivity contribution in [2.24, 2.45) is 0 Å². The van der Waals surface area contributed by atoms with Crippen LogP contribution in [-0.4, -0.2) is 37.2 Å². The lowest BCUT2D eigenvalue weighted by Gasteiger charge is -2.18. The average Bonchev–Trinajstić information content (AvgIpc) is 3.44. The molecule has 6 nitrogen and oxygen atoms in total. The summed E-state index contributed by atoms with van der Waals surface area (Å²) >= 11 is 0. The fourth-order valence-electron chi connectivity index (χ4n) is 8.66. The first-order valence-corrected chi connectivity index (χ1v) is 32.2. The van der Waals surface area contributed by atoms with E-state index in [0.29, 0.717) is 19.3 Å². The maximum Gasteiger partial charge on any atom is 0.306 e. The molecule has 0 aromatic rings. The van der Waals surface area contributed by atoms with E-state index in [0.717, 1.165) is 128 Å². The second kappa shape index (κ2) is 65.1. The summed E-state index contributed by atoms with van der Waals surface area (Å²) in [4.78, 5) is 38.3. The number of ether oxygens (including phenoxy) is 3. The monoisotopic (exact) mass is 1080 g/mol. The van der Waals surface area contributed by atoms with E-state index < -0.39 is 6.10 Å². The van der Waals surface area contributed by atoms with Crippen LogP contribution in [0.1, 0.15) is 284 Å². The molecule has 0 aromatic carbocycles. The lowest BCUT2D eigenvalue weighted by molar-refractivity contribution is -0.167. The molecule has 0 fully saturated rings. The SMILES string of the molecule is CC/C=C\C/C=C\C/C=C\C/C=C\C/C=C\C/C=C\C/C=C\CCCC(=O)OCC(COC(=O)CCCCCCCCCCCCCCCCCCCC)OC(=O)CCCCCCCC/C=C\C/C=C\C/C=C\C/C=C\CC. The molecule has 0 saturated heterocycles. The summed E-state index contributed by atoms with van der Waals surface area (Å²) in [7, 11) is 0. The number of allylic oxidation sites excluding steroid dienone is 22. The fourth-order valence-corrected chi connectivity index (χ4v) is 8.66. The lowest BCUT2D eigenvalue weighted by Crippen LogP contribution is -2.30. The summed E-state index contributed by atoms with van der Waals surface area (Å²) in [5.74, 6) is -0.975. The number of unbranched alkanes of at least 4 members (excludes halogenated alkanes) is 24. The topological polar surface area (TPSA) is 78.9 Å². The highest BCUT2D eigenvalue weighted by Gasteiger charge is 2.19. The van der Waals surface area contributed by atoms with Crippen LogP contribution in [0.25, 0.3) is 0 Å². The number of rotatable bonds is 57. The van der Waals surface area contributed by atoms with Crippen LogP contribution in [0.3, 0.4) is 0 Å². The molecule has 1 atom stereocenters. The molecular formula is C72H118O6.